The summed E-state index contributed by atoms with van der Waals surface area (Å²) >= 11 is 0. The summed E-state index contributed by atoms with van der Waals surface area (Å²) in [5, 5.41) is 3.70. The van der Waals surface area contributed by atoms with Gasteiger partial charge in [0.2, 0.25) is 0 Å². The topological polar surface area (TPSA) is 47.9 Å². The number of nitrogens with zero attached hydrogens (tertiary/aromatic N) is 1. The van der Waals surface area contributed by atoms with Crippen LogP contribution in [0.25, 0.3) is 0 Å². The minimum Gasteiger partial charge on any atom is -0.497 e. The quantitative estimate of drug-likeness (QED) is 0.445. The van der Waals surface area contributed by atoms with Crippen molar-refractivity contribution in [2.24, 2.45) is 5.16 Å². The van der Waals surface area contributed by atoms with Crippen molar-refractivity contribution in [1.29, 1.82) is 0 Å². The molecule has 0 aliphatic rings. The Morgan fingerprint density at radius 1 is 1.25 bits per heavy atom. The van der Waals surface area contributed by atoms with Crippen molar-refractivity contribution in [2.75, 3.05) is 7.11 Å². The molecule has 0 amide bonds. The molecule has 1 rings (SSSR count). The molecule has 0 spiro atoms. The number of ether oxygens (including phenoxy) is 1. The molecule has 1 aromatic rings. The SMILES string of the molecule is COc1ccc(C/C(C)=N/OC(C)=O)cc1. The minimum atomic E-state index is -0.408. The molecule has 0 bridgehead atoms. The van der Waals surface area contributed by atoms with Gasteiger partial charge in [-0.15, -0.1) is 0 Å². The summed E-state index contributed by atoms with van der Waals surface area (Å²) in [5.41, 5.74) is 1.84. The zero-order valence-electron chi connectivity index (χ0n) is 9.69. The van der Waals surface area contributed by atoms with E-state index in [2.05, 4.69) is 9.99 Å². The van der Waals surface area contributed by atoms with Gasteiger partial charge in [0, 0.05) is 13.3 Å². The average Bonchev–Trinajstić information content (AvgIpc) is 2.27. The molecule has 0 unspecified atom stereocenters. The number of rotatable bonds is 4. The van der Waals surface area contributed by atoms with E-state index in [9.17, 15) is 4.79 Å². The van der Waals surface area contributed by atoms with Crippen molar-refractivity contribution in [3.63, 3.8) is 0 Å². The summed E-state index contributed by atoms with van der Waals surface area (Å²) in [4.78, 5) is 15.1. The van der Waals surface area contributed by atoms with Gasteiger partial charge < -0.3 is 9.57 Å². The largest absolute Gasteiger partial charge is 0.497 e. The predicted molar refractivity (Wildman–Crippen MR) is 61.6 cm³/mol. The molecule has 4 heteroatoms. The van der Waals surface area contributed by atoms with Crippen LogP contribution in [0.4, 0.5) is 0 Å². The van der Waals surface area contributed by atoms with Crippen LogP contribution < -0.4 is 4.74 Å². The van der Waals surface area contributed by atoms with Crippen LogP contribution in [0.3, 0.4) is 0 Å². The summed E-state index contributed by atoms with van der Waals surface area (Å²) in [5.74, 6) is 0.410. The molecular formula is C12H15NO3. The second kappa shape index (κ2) is 5.90. The predicted octanol–water partition coefficient (Wildman–Crippen LogP) is 2.18. The molecule has 86 valence electrons. The van der Waals surface area contributed by atoms with Crippen LogP contribution in [-0.2, 0) is 16.1 Å². The number of hydrogen-bond acceptors (Lipinski definition) is 4. The molecule has 4 nitrogen and oxygen atoms in total. The van der Waals surface area contributed by atoms with Crippen molar-refractivity contribution >= 4 is 11.7 Å². The molecule has 0 saturated heterocycles. The van der Waals surface area contributed by atoms with Crippen molar-refractivity contribution in [3.05, 3.63) is 29.8 Å². The van der Waals surface area contributed by atoms with Crippen LogP contribution in [-0.4, -0.2) is 18.8 Å². The number of hydrogen-bond donors (Lipinski definition) is 0. The Kier molecular flexibility index (Phi) is 4.51. The van der Waals surface area contributed by atoms with Gasteiger partial charge in [0.1, 0.15) is 5.75 Å². The lowest BCUT2D eigenvalue weighted by molar-refractivity contribution is -0.140. The molecule has 1 aromatic carbocycles. The van der Waals surface area contributed by atoms with E-state index in [1.54, 1.807) is 7.11 Å². The summed E-state index contributed by atoms with van der Waals surface area (Å²) in [6, 6.07) is 7.67. The standard InChI is InChI=1S/C12H15NO3/c1-9(13-16-10(2)14)8-11-4-6-12(15-3)7-5-11/h4-7H,8H2,1-3H3/b13-9+. The number of methoxy groups -OCH3 is 1. The van der Waals surface area contributed by atoms with E-state index in [-0.39, 0.29) is 0 Å². The molecule has 0 N–H and O–H groups in total. The molecule has 0 fully saturated rings. The third-order valence-electron chi connectivity index (χ3n) is 1.95. The number of carbonyl (C=O) groups is 1. The van der Waals surface area contributed by atoms with Crippen LogP contribution in [0.2, 0.25) is 0 Å². The van der Waals surface area contributed by atoms with Crippen LogP contribution in [0.15, 0.2) is 29.4 Å². The zero-order valence-corrected chi connectivity index (χ0v) is 9.69. The summed E-state index contributed by atoms with van der Waals surface area (Å²) in [7, 11) is 1.63. The molecule has 0 aromatic heterocycles. The second-order valence-corrected chi connectivity index (χ2v) is 3.43. The van der Waals surface area contributed by atoms with Gasteiger partial charge in [-0.3, -0.25) is 0 Å². The number of carbonyl (C=O) groups excluding carboxylic acids is 1. The van der Waals surface area contributed by atoms with E-state index in [1.165, 1.54) is 6.92 Å². The Hall–Kier alpha value is -1.84. The third-order valence-corrected chi connectivity index (χ3v) is 1.95. The second-order valence-electron chi connectivity index (χ2n) is 3.43. The Balaban J connectivity index is 2.58. The fourth-order valence-corrected chi connectivity index (χ4v) is 1.21. The fourth-order valence-electron chi connectivity index (χ4n) is 1.21. The van der Waals surface area contributed by atoms with Crippen molar-refractivity contribution < 1.29 is 14.4 Å². The van der Waals surface area contributed by atoms with Gasteiger partial charge >= 0.3 is 5.97 Å². The van der Waals surface area contributed by atoms with Crippen molar-refractivity contribution in [3.8, 4) is 5.75 Å². The van der Waals surface area contributed by atoms with E-state index < -0.39 is 5.97 Å². The smallest absolute Gasteiger partial charge is 0.331 e. The molecule has 16 heavy (non-hydrogen) atoms. The first-order valence-electron chi connectivity index (χ1n) is 4.96. The highest BCUT2D eigenvalue weighted by Crippen LogP contribution is 2.12. The Labute approximate surface area is 94.9 Å². The summed E-state index contributed by atoms with van der Waals surface area (Å²) < 4.78 is 5.05. The number of benzene rings is 1. The first-order chi connectivity index (χ1) is 7.61. The van der Waals surface area contributed by atoms with Crippen LogP contribution in [0, 0.1) is 0 Å². The summed E-state index contributed by atoms with van der Waals surface area (Å²) in [6.45, 7) is 3.14. The maximum Gasteiger partial charge on any atom is 0.331 e. The van der Waals surface area contributed by atoms with E-state index in [4.69, 9.17) is 4.74 Å². The van der Waals surface area contributed by atoms with Gasteiger partial charge in [-0.2, -0.15) is 0 Å². The molecule has 0 saturated carbocycles. The minimum absolute atomic E-state index is 0.408. The van der Waals surface area contributed by atoms with Gasteiger partial charge in [0.05, 0.1) is 12.8 Å². The number of oxime groups is 1. The van der Waals surface area contributed by atoms with Crippen molar-refractivity contribution in [2.45, 2.75) is 20.3 Å². The average molecular weight is 221 g/mol. The molecule has 0 radical (unpaired) electrons. The normalized spacial score (nSPS) is 11.1. The lowest BCUT2D eigenvalue weighted by Crippen LogP contribution is -2.01. The monoisotopic (exact) mass is 221 g/mol. The zero-order chi connectivity index (χ0) is 12.0. The molecule has 0 aliphatic carbocycles. The highest BCUT2D eigenvalue weighted by atomic mass is 16.7. The van der Waals surface area contributed by atoms with Crippen LogP contribution in [0.5, 0.6) is 5.75 Å². The molecular weight excluding hydrogens is 206 g/mol. The van der Waals surface area contributed by atoms with E-state index in [0.717, 1.165) is 17.0 Å². The van der Waals surface area contributed by atoms with E-state index >= 15 is 0 Å². The molecule has 0 atom stereocenters. The maximum atomic E-state index is 10.5. The Bertz CT molecular complexity index is 382. The highest BCUT2D eigenvalue weighted by Gasteiger charge is 1.98. The first-order valence-corrected chi connectivity index (χ1v) is 4.96. The van der Waals surface area contributed by atoms with Gasteiger partial charge in [0.25, 0.3) is 0 Å². The fraction of sp³-hybridized carbons (Fsp3) is 0.333. The van der Waals surface area contributed by atoms with Crippen LogP contribution in [0.1, 0.15) is 19.4 Å². The van der Waals surface area contributed by atoms with Gasteiger partial charge in [-0.1, -0.05) is 17.3 Å². The van der Waals surface area contributed by atoms with E-state index in [0.29, 0.717) is 6.42 Å². The highest BCUT2D eigenvalue weighted by molar-refractivity contribution is 5.84. The van der Waals surface area contributed by atoms with Gasteiger partial charge in [-0.05, 0) is 24.6 Å². The third kappa shape index (κ3) is 4.13. The Morgan fingerprint density at radius 3 is 2.38 bits per heavy atom. The lowest BCUT2D eigenvalue weighted by atomic mass is 10.1. The van der Waals surface area contributed by atoms with Crippen molar-refractivity contribution in [1.82, 2.24) is 0 Å². The maximum absolute atomic E-state index is 10.5. The van der Waals surface area contributed by atoms with Gasteiger partial charge in [-0.25, -0.2) is 4.79 Å². The van der Waals surface area contributed by atoms with E-state index in [1.807, 2.05) is 31.2 Å². The lowest BCUT2D eigenvalue weighted by Gasteiger charge is -2.02. The Morgan fingerprint density at radius 2 is 1.88 bits per heavy atom. The van der Waals surface area contributed by atoms with Crippen LogP contribution >= 0.6 is 0 Å². The molecule has 0 heterocycles. The van der Waals surface area contributed by atoms with Gasteiger partial charge in [0.15, 0.2) is 0 Å². The molecule has 0 aliphatic heterocycles. The summed E-state index contributed by atoms with van der Waals surface area (Å²) in [6.07, 6.45) is 0.650. The first kappa shape index (κ1) is 12.2.